The van der Waals surface area contributed by atoms with Crippen LogP contribution in [0.5, 0.6) is 0 Å². The number of fused-ring (bicyclic) bond motifs is 1. The van der Waals surface area contributed by atoms with Crippen molar-refractivity contribution in [3.8, 4) is 0 Å². The third-order valence-electron chi connectivity index (χ3n) is 5.43. The van der Waals surface area contributed by atoms with Crippen molar-refractivity contribution in [3.63, 3.8) is 0 Å². The Morgan fingerprint density at radius 2 is 1.84 bits per heavy atom. The van der Waals surface area contributed by atoms with Gasteiger partial charge in [0.1, 0.15) is 11.9 Å². The van der Waals surface area contributed by atoms with Crippen LogP contribution in [0.15, 0.2) is 47.4 Å². The fourth-order valence-electron chi connectivity index (χ4n) is 3.84. The van der Waals surface area contributed by atoms with E-state index in [4.69, 9.17) is 0 Å². The first-order chi connectivity index (χ1) is 14.7. The molecule has 1 N–H and O–H groups in total. The van der Waals surface area contributed by atoms with Crippen LogP contribution in [-0.4, -0.2) is 43.7 Å². The molecule has 0 saturated heterocycles. The molecule has 0 radical (unpaired) electrons. The fourth-order valence-corrected chi connectivity index (χ4v) is 5.35. The Kier molecular flexibility index (Phi) is 6.76. The van der Waals surface area contributed by atoms with Gasteiger partial charge >= 0.3 is 0 Å². The van der Waals surface area contributed by atoms with E-state index in [9.17, 15) is 22.4 Å². The van der Waals surface area contributed by atoms with Crippen molar-refractivity contribution in [1.29, 1.82) is 0 Å². The van der Waals surface area contributed by atoms with Crippen LogP contribution < -0.4 is 10.2 Å². The lowest BCUT2D eigenvalue weighted by Gasteiger charge is -2.23. The van der Waals surface area contributed by atoms with E-state index in [1.165, 1.54) is 34.3 Å². The zero-order valence-electron chi connectivity index (χ0n) is 17.8. The Hall–Kier alpha value is -2.78. The average Bonchev–Trinajstić information content (AvgIpc) is 3.13. The number of hydrogen-bond acceptors (Lipinski definition) is 4. The average molecular weight is 448 g/mol. The van der Waals surface area contributed by atoms with Gasteiger partial charge in [0.25, 0.3) is 0 Å². The minimum atomic E-state index is -3.66. The summed E-state index contributed by atoms with van der Waals surface area (Å²) in [6.45, 7) is 5.56. The van der Waals surface area contributed by atoms with Crippen LogP contribution in [0.3, 0.4) is 0 Å². The summed E-state index contributed by atoms with van der Waals surface area (Å²) in [6, 6.07) is 9.86. The number of rotatable bonds is 7. The van der Waals surface area contributed by atoms with E-state index in [2.05, 4.69) is 5.32 Å². The standard InChI is InChI=1S/C22H26FN3O4S/c1-4-25(5-2)31(29,30)18-10-11-20-17(12-18)13-21(26(20)15(3)27)22(28)24-14-16-8-6-7-9-19(16)23/h6-12,21H,4-5,13-14H2,1-3H3,(H,24,28)/t21-/m0/s1. The number of anilines is 1. The second-order valence-electron chi connectivity index (χ2n) is 7.30. The molecule has 1 atom stereocenters. The molecule has 0 fully saturated rings. The summed E-state index contributed by atoms with van der Waals surface area (Å²) >= 11 is 0. The minimum absolute atomic E-state index is 0.00825. The molecule has 0 bridgehead atoms. The van der Waals surface area contributed by atoms with Crippen molar-refractivity contribution in [1.82, 2.24) is 9.62 Å². The van der Waals surface area contributed by atoms with Crippen LogP contribution in [0.25, 0.3) is 0 Å². The highest BCUT2D eigenvalue weighted by molar-refractivity contribution is 7.89. The van der Waals surface area contributed by atoms with E-state index in [-0.39, 0.29) is 23.8 Å². The highest BCUT2D eigenvalue weighted by Crippen LogP contribution is 2.35. The van der Waals surface area contributed by atoms with Gasteiger partial charge in [-0.2, -0.15) is 4.31 Å². The third-order valence-corrected chi connectivity index (χ3v) is 7.48. The summed E-state index contributed by atoms with van der Waals surface area (Å²) in [5.74, 6) is -1.18. The number of carbonyl (C=O) groups excluding carboxylic acids is 2. The molecule has 2 aromatic carbocycles. The predicted octanol–water partition coefficient (Wildman–Crippen LogP) is 2.45. The molecule has 2 aromatic rings. The van der Waals surface area contributed by atoms with Gasteiger partial charge in [-0.15, -0.1) is 0 Å². The number of halogens is 1. The second-order valence-corrected chi connectivity index (χ2v) is 9.24. The molecule has 9 heteroatoms. The maximum Gasteiger partial charge on any atom is 0.243 e. The Bertz CT molecular complexity index is 1100. The van der Waals surface area contributed by atoms with Gasteiger partial charge in [0.2, 0.25) is 21.8 Å². The van der Waals surface area contributed by atoms with E-state index in [1.807, 2.05) is 0 Å². The van der Waals surface area contributed by atoms with Gasteiger partial charge in [-0.1, -0.05) is 32.0 Å². The summed E-state index contributed by atoms with van der Waals surface area (Å²) in [5.41, 5.74) is 1.46. The fraction of sp³-hybridized carbons (Fsp3) is 0.364. The number of nitrogens with zero attached hydrogens (tertiary/aromatic N) is 2. The summed E-state index contributed by atoms with van der Waals surface area (Å²) in [6.07, 6.45) is 0.180. The maximum atomic E-state index is 13.8. The van der Waals surface area contributed by atoms with Crippen molar-refractivity contribution in [2.45, 2.75) is 44.7 Å². The molecular weight excluding hydrogens is 421 g/mol. The molecule has 0 spiro atoms. The lowest BCUT2D eigenvalue weighted by atomic mass is 10.1. The van der Waals surface area contributed by atoms with Gasteiger partial charge in [-0.25, -0.2) is 12.8 Å². The van der Waals surface area contributed by atoms with Gasteiger partial charge in [0, 0.05) is 44.2 Å². The van der Waals surface area contributed by atoms with Gasteiger partial charge in [0.05, 0.1) is 4.90 Å². The lowest BCUT2D eigenvalue weighted by molar-refractivity contribution is -0.125. The first-order valence-corrected chi connectivity index (χ1v) is 11.6. The largest absolute Gasteiger partial charge is 0.350 e. The highest BCUT2D eigenvalue weighted by atomic mass is 32.2. The van der Waals surface area contributed by atoms with Crippen molar-refractivity contribution < 1.29 is 22.4 Å². The molecule has 0 aliphatic carbocycles. The molecule has 0 unspecified atom stereocenters. The molecule has 1 aliphatic rings. The van der Waals surface area contributed by atoms with Gasteiger partial charge in [-0.05, 0) is 29.8 Å². The minimum Gasteiger partial charge on any atom is -0.350 e. The van der Waals surface area contributed by atoms with Crippen LogP contribution in [-0.2, 0) is 32.6 Å². The van der Waals surface area contributed by atoms with Crippen molar-refractivity contribution in [3.05, 3.63) is 59.4 Å². The quantitative estimate of drug-likeness (QED) is 0.706. The molecule has 2 amide bonds. The number of amides is 2. The van der Waals surface area contributed by atoms with E-state index >= 15 is 0 Å². The first kappa shape index (κ1) is 22.9. The smallest absolute Gasteiger partial charge is 0.243 e. The lowest BCUT2D eigenvalue weighted by Crippen LogP contribution is -2.47. The maximum absolute atomic E-state index is 13.8. The normalized spacial score (nSPS) is 15.8. The monoisotopic (exact) mass is 447 g/mol. The molecule has 7 nitrogen and oxygen atoms in total. The highest BCUT2D eigenvalue weighted by Gasteiger charge is 2.38. The molecule has 0 aromatic heterocycles. The third kappa shape index (κ3) is 4.47. The Morgan fingerprint density at radius 1 is 1.16 bits per heavy atom. The van der Waals surface area contributed by atoms with Gasteiger partial charge in [0.15, 0.2) is 0 Å². The van der Waals surface area contributed by atoms with E-state index in [0.29, 0.717) is 29.9 Å². The topological polar surface area (TPSA) is 86.8 Å². The van der Waals surface area contributed by atoms with Crippen LogP contribution in [0.2, 0.25) is 0 Å². The molecule has 1 aliphatic heterocycles. The predicted molar refractivity (Wildman–Crippen MR) is 115 cm³/mol. The first-order valence-electron chi connectivity index (χ1n) is 10.1. The van der Waals surface area contributed by atoms with Crippen molar-refractivity contribution in [2.75, 3.05) is 18.0 Å². The number of carbonyl (C=O) groups is 2. The SMILES string of the molecule is CCN(CC)S(=O)(=O)c1ccc2c(c1)C[C@@H](C(=O)NCc1ccccc1F)N2C(C)=O. The Labute approximate surface area is 181 Å². The summed E-state index contributed by atoms with van der Waals surface area (Å²) < 4.78 is 40.9. The molecular formula is C22H26FN3O4S. The molecule has 166 valence electrons. The van der Waals surface area contributed by atoms with Crippen molar-refractivity contribution in [2.24, 2.45) is 0 Å². The molecule has 0 saturated carbocycles. The van der Waals surface area contributed by atoms with E-state index in [0.717, 1.165) is 0 Å². The van der Waals surface area contributed by atoms with E-state index in [1.54, 1.807) is 38.1 Å². The summed E-state index contributed by atoms with van der Waals surface area (Å²) in [7, 11) is -3.66. The van der Waals surface area contributed by atoms with Crippen LogP contribution >= 0.6 is 0 Å². The Morgan fingerprint density at radius 3 is 2.45 bits per heavy atom. The number of hydrogen-bond donors (Lipinski definition) is 1. The van der Waals surface area contributed by atoms with Crippen LogP contribution in [0.4, 0.5) is 10.1 Å². The van der Waals surface area contributed by atoms with Gasteiger partial charge < -0.3 is 5.32 Å². The second kappa shape index (κ2) is 9.15. The number of nitrogens with one attached hydrogen (secondary N) is 1. The zero-order valence-corrected chi connectivity index (χ0v) is 18.6. The van der Waals surface area contributed by atoms with E-state index < -0.39 is 27.8 Å². The number of benzene rings is 2. The zero-order chi connectivity index (χ0) is 22.8. The summed E-state index contributed by atoms with van der Waals surface area (Å²) in [5, 5.41) is 2.68. The molecule has 31 heavy (non-hydrogen) atoms. The number of sulfonamides is 1. The van der Waals surface area contributed by atoms with Gasteiger partial charge in [-0.3, -0.25) is 14.5 Å². The Balaban J connectivity index is 1.85. The van der Waals surface area contributed by atoms with Crippen LogP contribution in [0.1, 0.15) is 31.9 Å². The summed E-state index contributed by atoms with van der Waals surface area (Å²) in [4.78, 5) is 26.6. The molecule has 1 heterocycles. The van der Waals surface area contributed by atoms with Crippen molar-refractivity contribution >= 4 is 27.5 Å². The molecule has 3 rings (SSSR count). The van der Waals surface area contributed by atoms with Crippen LogP contribution in [0, 0.1) is 5.82 Å².